The van der Waals surface area contributed by atoms with Crippen molar-refractivity contribution in [3.63, 3.8) is 0 Å². The van der Waals surface area contributed by atoms with Gasteiger partial charge in [0.15, 0.2) is 0 Å². The molecule has 0 spiro atoms. The van der Waals surface area contributed by atoms with Gasteiger partial charge in [0.1, 0.15) is 0 Å². The van der Waals surface area contributed by atoms with Crippen molar-refractivity contribution >= 4 is 5.57 Å². The third kappa shape index (κ3) is 3.50. The summed E-state index contributed by atoms with van der Waals surface area (Å²) >= 11 is 0. The second kappa shape index (κ2) is 6.06. The van der Waals surface area contributed by atoms with E-state index >= 15 is 0 Å². The first kappa shape index (κ1) is 12.4. The maximum atomic E-state index is 4.47. The second-order valence-corrected chi connectivity index (χ2v) is 3.81. The van der Waals surface area contributed by atoms with Gasteiger partial charge >= 0.3 is 0 Å². The molecule has 84 valence electrons. The summed E-state index contributed by atoms with van der Waals surface area (Å²) in [6, 6.07) is 6.03. The highest BCUT2D eigenvalue weighted by Gasteiger charge is 2.02. The highest BCUT2D eigenvalue weighted by molar-refractivity contribution is 5.63. The van der Waals surface area contributed by atoms with Crippen LogP contribution in [0.25, 0.3) is 5.57 Å². The standard InChI is InChI=1S/C15H19N/c1-5-8-14(6-2)11-12(3)15-10-7-9-13(4)16-15/h5-10H,3,11H2,1-2,4H3/b8-5-,14-6+. The maximum absolute atomic E-state index is 4.47. The lowest BCUT2D eigenvalue weighted by molar-refractivity contribution is 1.14. The second-order valence-electron chi connectivity index (χ2n) is 3.81. The third-order valence-corrected chi connectivity index (χ3v) is 2.42. The van der Waals surface area contributed by atoms with Gasteiger partial charge in [-0.3, -0.25) is 4.98 Å². The molecule has 16 heavy (non-hydrogen) atoms. The number of aryl methyl sites for hydroxylation is 1. The summed E-state index contributed by atoms with van der Waals surface area (Å²) in [6.07, 6.45) is 7.13. The molecule has 0 saturated heterocycles. The van der Waals surface area contributed by atoms with Crippen LogP contribution in [0.4, 0.5) is 0 Å². The molecule has 0 saturated carbocycles. The Hall–Kier alpha value is -1.63. The summed E-state index contributed by atoms with van der Waals surface area (Å²) in [4.78, 5) is 4.47. The average Bonchev–Trinajstić information content (AvgIpc) is 2.28. The number of rotatable bonds is 4. The van der Waals surface area contributed by atoms with Crippen molar-refractivity contribution in [3.8, 4) is 0 Å². The van der Waals surface area contributed by atoms with Gasteiger partial charge in [-0.2, -0.15) is 0 Å². The molecule has 0 amide bonds. The molecule has 1 aromatic rings. The predicted molar refractivity (Wildman–Crippen MR) is 71.2 cm³/mol. The van der Waals surface area contributed by atoms with Crippen molar-refractivity contribution in [2.45, 2.75) is 27.2 Å². The minimum Gasteiger partial charge on any atom is -0.253 e. The first-order valence-corrected chi connectivity index (χ1v) is 5.57. The van der Waals surface area contributed by atoms with Gasteiger partial charge in [0, 0.05) is 5.69 Å². The Labute approximate surface area is 98.2 Å². The number of hydrogen-bond acceptors (Lipinski definition) is 1. The van der Waals surface area contributed by atoms with E-state index in [0.717, 1.165) is 23.4 Å². The minimum absolute atomic E-state index is 0.858. The van der Waals surface area contributed by atoms with E-state index in [-0.39, 0.29) is 0 Å². The van der Waals surface area contributed by atoms with Crippen LogP contribution in [0.1, 0.15) is 31.7 Å². The van der Waals surface area contributed by atoms with Crippen LogP contribution in [-0.2, 0) is 0 Å². The molecule has 1 aromatic heterocycles. The van der Waals surface area contributed by atoms with Crippen LogP contribution in [0.15, 0.2) is 48.6 Å². The first-order valence-electron chi connectivity index (χ1n) is 5.57. The van der Waals surface area contributed by atoms with Crippen molar-refractivity contribution in [2.75, 3.05) is 0 Å². The summed E-state index contributed by atoms with van der Waals surface area (Å²) in [7, 11) is 0. The van der Waals surface area contributed by atoms with E-state index in [9.17, 15) is 0 Å². The summed E-state index contributed by atoms with van der Waals surface area (Å²) in [5.41, 5.74) is 4.36. The molecule has 0 aliphatic rings. The highest BCUT2D eigenvalue weighted by atomic mass is 14.7. The molecule has 0 bridgehead atoms. The van der Waals surface area contributed by atoms with E-state index in [4.69, 9.17) is 0 Å². The van der Waals surface area contributed by atoms with Crippen LogP contribution >= 0.6 is 0 Å². The molecule has 0 N–H and O–H groups in total. The molecule has 1 nitrogen and oxygen atoms in total. The van der Waals surface area contributed by atoms with Crippen molar-refractivity contribution < 1.29 is 0 Å². The fourth-order valence-electron chi connectivity index (χ4n) is 1.55. The predicted octanol–water partition coefficient (Wildman–Crippen LogP) is 4.32. The summed E-state index contributed by atoms with van der Waals surface area (Å²) < 4.78 is 0. The van der Waals surface area contributed by atoms with Gasteiger partial charge in [-0.25, -0.2) is 0 Å². The molecule has 0 unspecified atom stereocenters. The minimum atomic E-state index is 0.858. The lowest BCUT2D eigenvalue weighted by Gasteiger charge is -2.06. The van der Waals surface area contributed by atoms with E-state index in [1.165, 1.54) is 5.57 Å². The van der Waals surface area contributed by atoms with E-state index in [1.807, 2.05) is 45.0 Å². The van der Waals surface area contributed by atoms with Gasteiger partial charge in [-0.05, 0) is 50.5 Å². The number of hydrogen-bond donors (Lipinski definition) is 0. The molecule has 0 aliphatic carbocycles. The van der Waals surface area contributed by atoms with E-state index < -0.39 is 0 Å². The molecule has 0 aliphatic heterocycles. The first-order chi connectivity index (χ1) is 7.67. The Morgan fingerprint density at radius 3 is 2.69 bits per heavy atom. The van der Waals surface area contributed by atoms with Crippen LogP contribution in [0, 0.1) is 6.92 Å². The molecule has 1 heterocycles. The number of allylic oxidation sites excluding steroid dienone is 5. The molecular weight excluding hydrogens is 194 g/mol. The van der Waals surface area contributed by atoms with Crippen molar-refractivity contribution in [1.82, 2.24) is 4.98 Å². The van der Waals surface area contributed by atoms with Crippen LogP contribution in [-0.4, -0.2) is 4.98 Å². The van der Waals surface area contributed by atoms with Crippen molar-refractivity contribution in [1.29, 1.82) is 0 Å². The smallest absolute Gasteiger partial charge is 0.0662 e. The lowest BCUT2D eigenvalue weighted by Crippen LogP contribution is -1.91. The molecule has 0 radical (unpaired) electrons. The SMILES string of the molecule is C=C(CC(/C=C\C)=C/C)c1cccc(C)n1. The zero-order chi connectivity index (χ0) is 12.0. The van der Waals surface area contributed by atoms with Crippen molar-refractivity contribution in [2.24, 2.45) is 0 Å². The molecule has 0 fully saturated rings. The topological polar surface area (TPSA) is 12.9 Å². The molecule has 0 atom stereocenters. The van der Waals surface area contributed by atoms with E-state index in [2.05, 4.69) is 23.7 Å². The van der Waals surface area contributed by atoms with Gasteiger partial charge in [-0.15, -0.1) is 0 Å². The maximum Gasteiger partial charge on any atom is 0.0662 e. The molecule has 1 rings (SSSR count). The summed E-state index contributed by atoms with van der Waals surface area (Å²) in [6.45, 7) is 10.2. The number of pyridine rings is 1. The lowest BCUT2D eigenvalue weighted by atomic mass is 10.0. The normalized spacial score (nSPS) is 12.1. The Morgan fingerprint density at radius 2 is 2.12 bits per heavy atom. The van der Waals surface area contributed by atoms with Gasteiger partial charge < -0.3 is 0 Å². The van der Waals surface area contributed by atoms with E-state index in [0.29, 0.717) is 0 Å². The average molecular weight is 213 g/mol. The Bertz CT molecular complexity index is 425. The number of aromatic nitrogens is 1. The molecule has 0 aromatic carbocycles. The fraction of sp³-hybridized carbons (Fsp3) is 0.267. The number of nitrogens with zero attached hydrogens (tertiary/aromatic N) is 1. The van der Waals surface area contributed by atoms with Crippen LogP contribution in [0.2, 0.25) is 0 Å². The van der Waals surface area contributed by atoms with Gasteiger partial charge in [0.25, 0.3) is 0 Å². The van der Waals surface area contributed by atoms with E-state index in [1.54, 1.807) is 0 Å². The highest BCUT2D eigenvalue weighted by Crippen LogP contribution is 2.19. The summed E-state index contributed by atoms with van der Waals surface area (Å²) in [5.74, 6) is 0. The third-order valence-electron chi connectivity index (χ3n) is 2.42. The van der Waals surface area contributed by atoms with Gasteiger partial charge in [0.2, 0.25) is 0 Å². The largest absolute Gasteiger partial charge is 0.253 e. The Balaban J connectivity index is 2.80. The Morgan fingerprint density at radius 1 is 1.38 bits per heavy atom. The zero-order valence-electron chi connectivity index (χ0n) is 10.3. The Kier molecular flexibility index (Phi) is 4.71. The van der Waals surface area contributed by atoms with Crippen LogP contribution in [0.3, 0.4) is 0 Å². The van der Waals surface area contributed by atoms with Crippen molar-refractivity contribution in [3.05, 3.63) is 60.0 Å². The summed E-state index contributed by atoms with van der Waals surface area (Å²) in [5, 5.41) is 0. The molecule has 1 heteroatoms. The van der Waals surface area contributed by atoms with Gasteiger partial charge in [-0.1, -0.05) is 30.9 Å². The van der Waals surface area contributed by atoms with Crippen LogP contribution in [0.5, 0.6) is 0 Å². The van der Waals surface area contributed by atoms with Gasteiger partial charge in [0.05, 0.1) is 5.69 Å². The quantitative estimate of drug-likeness (QED) is 0.679. The zero-order valence-corrected chi connectivity index (χ0v) is 10.3. The molecular formula is C15H19N. The monoisotopic (exact) mass is 213 g/mol. The van der Waals surface area contributed by atoms with Crippen LogP contribution < -0.4 is 0 Å². The fourth-order valence-corrected chi connectivity index (χ4v) is 1.55.